The third kappa shape index (κ3) is 8.93. The molecule has 0 amide bonds. The van der Waals surface area contributed by atoms with Crippen LogP contribution >= 0.6 is 0 Å². The topological polar surface area (TPSA) is 42.9 Å². The number of nitrogens with zero attached hydrogens (tertiary/aromatic N) is 3. The zero-order valence-corrected chi connectivity index (χ0v) is 16.8. The van der Waals surface area contributed by atoms with E-state index >= 15 is 0 Å². The van der Waals surface area contributed by atoms with Crippen molar-refractivity contribution in [3.05, 3.63) is 35.9 Å². The van der Waals surface area contributed by atoms with Crippen molar-refractivity contribution in [2.45, 2.75) is 38.5 Å². The van der Waals surface area contributed by atoms with Gasteiger partial charge in [0.15, 0.2) is 5.96 Å². The predicted molar refractivity (Wildman–Crippen MR) is 107 cm³/mol. The van der Waals surface area contributed by atoms with E-state index in [2.05, 4.69) is 39.7 Å². The maximum absolute atomic E-state index is 12.5. The Bertz CT molecular complexity index is 591. The van der Waals surface area contributed by atoms with E-state index in [1.165, 1.54) is 10.5 Å². The molecule has 0 aliphatic carbocycles. The van der Waals surface area contributed by atoms with Gasteiger partial charge in [0.1, 0.15) is 0 Å². The average molecular weight is 400 g/mol. The summed E-state index contributed by atoms with van der Waals surface area (Å²) in [6.07, 6.45) is -2.52. The van der Waals surface area contributed by atoms with E-state index in [1.54, 1.807) is 0 Å². The number of benzene rings is 1. The third-order valence-corrected chi connectivity index (χ3v) is 4.62. The lowest BCUT2D eigenvalue weighted by Gasteiger charge is -2.20. The van der Waals surface area contributed by atoms with Crippen molar-refractivity contribution in [2.24, 2.45) is 4.99 Å². The highest BCUT2D eigenvalue weighted by molar-refractivity contribution is 5.80. The van der Waals surface area contributed by atoms with E-state index in [4.69, 9.17) is 0 Å². The molecule has 1 aliphatic heterocycles. The van der Waals surface area contributed by atoms with E-state index in [0.717, 1.165) is 26.1 Å². The average Bonchev–Trinajstić information content (AvgIpc) is 3.04. The summed E-state index contributed by atoms with van der Waals surface area (Å²) in [5, 5.41) is 6.46. The Hall–Kier alpha value is -1.80. The second-order valence-electron chi connectivity index (χ2n) is 7.32. The van der Waals surface area contributed by atoms with Gasteiger partial charge in [-0.15, -0.1) is 0 Å². The molecule has 8 heteroatoms. The highest BCUT2D eigenvalue weighted by atomic mass is 19.4. The Morgan fingerprint density at radius 3 is 2.71 bits per heavy atom. The summed E-state index contributed by atoms with van der Waals surface area (Å²) < 4.78 is 37.6. The van der Waals surface area contributed by atoms with Crippen LogP contribution < -0.4 is 10.6 Å². The van der Waals surface area contributed by atoms with Crippen LogP contribution in [0.5, 0.6) is 0 Å². The van der Waals surface area contributed by atoms with Crippen LogP contribution in [0, 0.1) is 0 Å². The van der Waals surface area contributed by atoms with Gasteiger partial charge in [-0.2, -0.15) is 13.2 Å². The van der Waals surface area contributed by atoms with Crippen LogP contribution in [0.15, 0.2) is 35.3 Å². The summed E-state index contributed by atoms with van der Waals surface area (Å²) in [5.74, 6) is 0.687. The van der Waals surface area contributed by atoms with Gasteiger partial charge in [-0.1, -0.05) is 30.3 Å². The van der Waals surface area contributed by atoms with Gasteiger partial charge in [-0.05, 0) is 38.9 Å². The van der Waals surface area contributed by atoms with Crippen molar-refractivity contribution in [3.63, 3.8) is 0 Å². The molecule has 0 spiro atoms. The number of hydrogen-bond donors (Lipinski definition) is 2. The molecule has 1 unspecified atom stereocenters. The molecule has 2 N–H and O–H groups in total. The number of likely N-dealkylation sites (tertiary alicyclic amines) is 1. The maximum atomic E-state index is 12.5. The molecule has 1 aromatic rings. The predicted octanol–water partition coefficient (Wildman–Crippen LogP) is 2.70. The van der Waals surface area contributed by atoms with Gasteiger partial charge in [0.05, 0.1) is 6.54 Å². The summed E-state index contributed by atoms with van der Waals surface area (Å²) in [6, 6.07) is 10.3. The SMILES string of the molecule is CCNC(=NCCCN(C)Cc1ccccc1)NC1CCN(CC(F)(F)F)C1. The molecule has 1 saturated heterocycles. The molecule has 1 aliphatic rings. The number of guanidine groups is 1. The fourth-order valence-corrected chi connectivity index (χ4v) is 3.37. The fraction of sp³-hybridized carbons (Fsp3) is 0.650. The monoisotopic (exact) mass is 399 g/mol. The summed E-state index contributed by atoms with van der Waals surface area (Å²) in [4.78, 5) is 8.29. The summed E-state index contributed by atoms with van der Waals surface area (Å²) >= 11 is 0. The van der Waals surface area contributed by atoms with E-state index in [1.807, 2.05) is 25.1 Å². The Morgan fingerprint density at radius 1 is 1.29 bits per heavy atom. The Morgan fingerprint density at radius 2 is 2.04 bits per heavy atom. The summed E-state index contributed by atoms with van der Waals surface area (Å²) in [5.41, 5.74) is 1.29. The van der Waals surface area contributed by atoms with Gasteiger partial charge in [0.2, 0.25) is 0 Å². The smallest absolute Gasteiger partial charge is 0.357 e. The maximum Gasteiger partial charge on any atom is 0.401 e. The molecule has 158 valence electrons. The van der Waals surface area contributed by atoms with E-state index in [9.17, 15) is 13.2 Å². The number of rotatable bonds is 9. The van der Waals surface area contributed by atoms with Gasteiger partial charge in [0, 0.05) is 38.8 Å². The molecule has 2 rings (SSSR count). The normalized spacial score (nSPS) is 18.6. The van der Waals surface area contributed by atoms with Crippen molar-refractivity contribution in [1.82, 2.24) is 20.4 Å². The van der Waals surface area contributed by atoms with Crippen molar-refractivity contribution >= 4 is 5.96 Å². The zero-order valence-electron chi connectivity index (χ0n) is 16.8. The second-order valence-corrected chi connectivity index (χ2v) is 7.32. The van der Waals surface area contributed by atoms with Crippen molar-refractivity contribution in [3.8, 4) is 0 Å². The Kier molecular flexibility index (Phi) is 9.05. The van der Waals surface area contributed by atoms with E-state index < -0.39 is 12.7 Å². The van der Waals surface area contributed by atoms with E-state index in [0.29, 0.717) is 32.0 Å². The van der Waals surface area contributed by atoms with Gasteiger partial charge in [0.25, 0.3) is 0 Å². The highest BCUT2D eigenvalue weighted by Crippen LogP contribution is 2.19. The molecule has 1 heterocycles. The van der Waals surface area contributed by atoms with Crippen LogP contribution in [0.2, 0.25) is 0 Å². The molecule has 0 bridgehead atoms. The first-order chi connectivity index (χ1) is 13.4. The van der Waals surface area contributed by atoms with Crippen molar-refractivity contribution in [1.29, 1.82) is 0 Å². The minimum Gasteiger partial charge on any atom is -0.357 e. The minimum atomic E-state index is -4.14. The Balaban J connectivity index is 1.71. The first kappa shape index (κ1) is 22.5. The highest BCUT2D eigenvalue weighted by Gasteiger charge is 2.34. The van der Waals surface area contributed by atoms with Crippen molar-refractivity contribution < 1.29 is 13.2 Å². The standard InChI is InChI=1S/C20H32F3N5/c1-3-24-19(26-18-10-13-28(15-18)16-20(21,22)23)25-11-7-12-27(2)14-17-8-5-4-6-9-17/h4-6,8-9,18H,3,7,10-16H2,1-2H3,(H2,24,25,26). The Labute approximate surface area is 166 Å². The number of nitrogens with one attached hydrogen (secondary N) is 2. The largest absolute Gasteiger partial charge is 0.401 e. The molecule has 1 fully saturated rings. The van der Waals surface area contributed by atoms with Crippen LogP contribution in [-0.4, -0.2) is 74.3 Å². The summed E-state index contributed by atoms with van der Waals surface area (Å²) in [6.45, 7) is 5.22. The number of alkyl halides is 3. The minimum absolute atomic E-state index is 0.000837. The van der Waals surface area contributed by atoms with Crippen LogP contribution in [0.25, 0.3) is 0 Å². The van der Waals surface area contributed by atoms with Gasteiger partial charge < -0.3 is 15.5 Å². The lowest BCUT2D eigenvalue weighted by molar-refractivity contribution is -0.143. The van der Waals surface area contributed by atoms with Crippen LogP contribution in [0.3, 0.4) is 0 Å². The number of aliphatic imine (C=N–C) groups is 1. The molecule has 0 radical (unpaired) electrons. The van der Waals surface area contributed by atoms with Crippen LogP contribution in [-0.2, 0) is 6.54 Å². The lowest BCUT2D eigenvalue weighted by Crippen LogP contribution is -2.45. The first-order valence-electron chi connectivity index (χ1n) is 9.92. The van der Waals surface area contributed by atoms with Crippen LogP contribution in [0.1, 0.15) is 25.3 Å². The third-order valence-electron chi connectivity index (χ3n) is 4.62. The van der Waals surface area contributed by atoms with Crippen LogP contribution in [0.4, 0.5) is 13.2 Å². The molecular weight excluding hydrogens is 367 g/mol. The fourth-order valence-electron chi connectivity index (χ4n) is 3.37. The molecule has 28 heavy (non-hydrogen) atoms. The molecule has 1 atom stereocenters. The molecule has 0 aromatic heterocycles. The van der Waals surface area contributed by atoms with E-state index in [-0.39, 0.29) is 6.04 Å². The van der Waals surface area contributed by atoms with Gasteiger partial charge >= 0.3 is 6.18 Å². The number of hydrogen-bond acceptors (Lipinski definition) is 3. The molecule has 1 aromatic carbocycles. The molecule has 5 nitrogen and oxygen atoms in total. The number of halogens is 3. The van der Waals surface area contributed by atoms with Gasteiger partial charge in [-0.25, -0.2) is 0 Å². The first-order valence-corrected chi connectivity index (χ1v) is 9.92. The molecular formula is C20H32F3N5. The zero-order chi connectivity index (χ0) is 20.4. The lowest BCUT2D eigenvalue weighted by atomic mass is 10.2. The summed E-state index contributed by atoms with van der Waals surface area (Å²) in [7, 11) is 2.09. The van der Waals surface area contributed by atoms with Gasteiger partial charge in [-0.3, -0.25) is 9.89 Å². The quantitative estimate of drug-likeness (QED) is 0.381. The van der Waals surface area contributed by atoms with Crippen molar-refractivity contribution in [2.75, 3.05) is 46.3 Å². The second kappa shape index (κ2) is 11.3. The molecule has 0 saturated carbocycles.